The number of rotatable bonds is 3. The summed E-state index contributed by atoms with van der Waals surface area (Å²) in [5, 5.41) is 8.24. The lowest BCUT2D eigenvalue weighted by molar-refractivity contribution is 0.111. The minimum atomic E-state index is 0.405. The van der Waals surface area contributed by atoms with Gasteiger partial charge in [-0.15, -0.1) is 0 Å². The fraction of sp³-hybridized carbons (Fsp3) is 0.286. The highest BCUT2D eigenvalue weighted by Crippen LogP contribution is 1.93. The first-order valence-corrected chi connectivity index (χ1v) is 3.20. The van der Waals surface area contributed by atoms with Crippen LogP contribution >= 0.6 is 0 Å². The van der Waals surface area contributed by atoms with E-state index in [4.69, 9.17) is 5.26 Å². The molecule has 1 aromatic heterocycles. The van der Waals surface area contributed by atoms with Crippen molar-refractivity contribution in [2.24, 2.45) is 0 Å². The summed E-state index contributed by atoms with van der Waals surface area (Å²) in [6.07, 6.45) is 4.28. The summed E-state index contributed by atoms with van der Waals surface area (Å²) in [6, 6.07) is 2.01. The highest BCUT2D eigenvalue weighted by molar-refractivity contribution is 5.70. The largest absolute Gasteiger partial charge is 0.336 e. The third kappa shape index (κ3) is 1.90. The third-order valence-electron chi connectivity index (χ3n) is 1.26. The van der Waals surface area contributed by atoms with Crippen LogP contribution in [-0.2, 0) is 6.54 Å². The molecule has 0 saturated carbocycles. The van der Waals surface area contributed by atoms with Gasteiger partial charge in [0.2, 0.25) is 0 Å². The molecule has 0 spiro atoms. The number of hydrogen-bond acceptors (Lipinski definition) is 3. The van der Waals surface area contributed by atoms with Crippen LogP contribution in [-0.4, -0.2) is 15.8 Å². The van der Waals surface area contributed by atoms with Crippen molar-refractivity contribution in [3.63, 3.8) is 0 Å². The molecule has 0 bridgehead atoms. The van der Waals surface area contributed by atoms with Crippen molar-refractivity contribution in [2.45, 2.75) is 13.0 Å². The second kappa shape index (κ2) is 3.52. The van der Waals surface area contributed by atoms with Crippen molar-refractivity contribution < 1.29 is 4.79 Å². The second-order valence-corrected chi connectivity index (χ2v) is 2.06. The van der Waals surface area contributed by atoms with Crippen LogP contribution in [0.1, 0.15) is 16.9 Å². The van der Waals surface area contributed by atoms with Crippen LogP contribution in [0.3, 0.4) is 0 Å². The predicted molar refractivity (Wildman–Crippen MR) is 37.8 cm³/mol. The number of hydrogen-bond donors (Lipinski definition) is 0. The van der Waals surface area contributed by atoms with E-state index < -0.39 is 0 Å². The topological polar surface area (TPSA) is 58.7 Å². The van der Waals surface area contributed by atoms with E-state index in [2.05, 4.69) is 4.98 Å². The number of imidazole rings is 1. The molecule has 0 aromatic carbocycles. The Hall–Kier alpha value is -1.63. The first-order chi connectivity index (χ1) is 5.36. The molecule has 0 aliphatic carbocycles. The minimum Gasteiger partial charge on any atom is -0.336 e. The lowest BCUT2D eigenvalue weighted by atomic mass is 10.4. The van der Waals surface area contributed by atoms with Gasteiger partial charge in [0.15, 0.2) is 6.29 Å². The minimum absolute atomic E-state index is 0.405. The molecule has 4 nitrogen and oxygen atoms in total. The smallest absolute Gasteiger partial charge is 0.169 e. The van der Waals surface area contributed by atoms with E-state index in [0.717, 1.165) is 0 Å². The summed E-state index contributed by atoms with van der Waals surface area (Å²) in [6.45, 7) is 0.595. The van der Waals surface area contributed by atoms with Crippen molar-refractivity contribution in [3.8, 4) is 6.07 Å². The van der Waals surface area contributed by atoms with Gasteiger partial charge in [0, 0.05) is 12.7 Å². The fourth-order valence-electron chi connectivity index (χ4n) is 0.740. The summed E-state index contributed by atoms with van der Waals surface area (Å²) >= 11 is 0. The van der Waals surface area contributed by atoms with Gasteiger partial charge in [-0.2, -0.15) is 5.26 Å². The molecule has 0 atom stereocenters. The van der Waals surface area contributed by atoms with E-state index in [9.17, 15) is 4.79 Å². The number of carbonyl (C=O) groups is 1. The van der Waals surface area contributed by atoms with E-state index in [1.807, 2.05) is 6.07 Å². The van der Waals surface area contributed by atoms with E-state index in [0.29, 0.717) is 24.9 Å². The number of nitriles is 1. The summed E-state index contributed by atoms with van der Waals surface area (Å²) in [7, 11) is 0. The maximum atomic E-state index is 10.2. The molecular formula is C7H7N3O. The Labute approximate surface area is 64.1 Å². The Morgan fingerprint density at radius 1 is 1.82 bits per heavy atom. The summed E-state index contributed by atoms with van der Waals surface area (Å²) < 4.78 is 1.72. The number of aromatic nitrogens is 2. The number of nitrogens with zero attached hydrogens (tertiary/aromatic N) is 3. The van der Waals surface area contributed by atoms with Crippen molar-refractivity contribution in [1.29, 1.82) is 5.26 Å². The van der Waals surface area contributed by atoms with Gasteiger partial charge in [-0.05, 0) is 0 Å². The van der Waals surface area contributed by atoms with Crippen LogP contribution in [0.25, 0.3) is 0 Å². The van der Waals surface area contributed by atoms with Crippen LogP contribution in [0, 0.1) is 11.3 Å². The first kappa shape index (κ1) is 7.48. The van der Waals surface area contributed by atoms with Gasteiger partial charge in [0.05, 0.1) is 18.8 Å². The Morgan fingerprint density at radius 3 is 3.18 bits per heavy atom. The van der Waals surface area contributed by atoms with Crippen molar-refractivity contribution >= 4 is 6.29 Å². The Morgan fingerprint density at radius 2 is 2.64 bits per heavy atom. The highest BCUT2D eigenvalue weighted by Gasteiger charge is 1.94. The van der Waals surface area contributed by atoms with Crippen LogP contribution < -0.4 is 0 Å². The molecule has 11 heavy (non-hydrogen) atoms. The Bertz CT molecular complexity index is 284. The number of aldehydes is 1. The summed E-state index contributed by atoms with van der Waals surface area (Å²) in [5.74, 6) is 0. The molecule has 0 amide bonds. The predicted octanol–water partition coefficient (Wildman–Crippen LogP) is 0.609. The monoisotopic (exact) mass is 149 g/mol. The van der Waals surface area contributed by atoms with Crippen LogP contribution in [0.4, 0.5) is 0 Å². The van der Waals surface area contributed by atoms with Crippen LogP contribution in [0.5, 0.6) is 0 Å². The van der Waals surface area contributed by atoms with Gasteiger partial charge in [-0.1, -0.05) is 0 Å². The molecule has 1 aromatic rings. The lowest BCUT2D eigenvalue weighted by Crippen LogP contribution is -1.91. The van der Waals surface area contributed by atoms with Gasteiger partial charge >= 0.3 is 0 Å². The molecule has 0 aliphatic rings. The van der Waals surface area contributed by atoms with E-state index >= 15 is 0 Å². The zero-order valence-corrected chi connectivity index (χ0v) is 5.90. The maximum Gasteiger partial charge on any atom is 0.169 e. The fourth-order valence-corrected chi connectivity index (χ4v) is 0.740. The van der Waals surface area contributed by atoms with E-state index in [1.54, 1.807) is 17.1 Å². The van der Waals surface area contributed by atoms with Gasteiger partial charge in [-0.3, -0.25) is 4.79 Å². The van der Waals surface area contributed by atoms with Crippen LogP contribution in [0.2, 0.25) is 0 Å². The Balaban J connectivity index is 2.59. The molecule has 4 heteroatoms. The average Bonchev–Trinajstić information content (AvgIpc) is 2.48. The van der Waals surface area contributed by atoms with E-state index in [-0.39, 0.29) is 0 Å². The summed E-state index contributed by atoms with van der Waals surface area (Å²) in [4.78, 5) is 13.9. The molecule has 0 fully saturated rings. The second-order valence-electron chi connectivity index (χ2n) is 2.06. The van der Waals surface area contributed by atoms with Gasteiger partial charge in [0.1, 0.15) is 5.69 Å². The molecule has 0 unspecified atom stereocenters. The van der Waals surface area contributed by atoms with Gasteiger partial charge < -0.3 is 4.57 Å². The van der Waals surface area contributed by atoms with E-state index in [1.165, 1.54) is 0 Å². The number of carbonyl (C=O) groups excluding carboxylic acids is 1. The SMILES string of the molecule is N#CCCn1cnc(C=O)c1. The van der Waals surface area contributed by atoms with Crippen molar-refractivity contribution in [2.75, 3.05) is 0 Å². The molecule has 0 radical (unpaired) electrons. The zero-order valence-electron chi connectivity index (χ0n) is 5.90. The number of aryl methyl sites for hydroxylation is 1. The average molecular weight is 149 g/mol. The lowest BCUT2D eigenvalue weighted by Gasteiger charge is -1.92. The van der Waals surface area contributed by atoms with Gasteiger partial charge in [0.25, 0.3) is 0 Å². The normalized spacial score (nSPS) is 9.00. The first-order valence-electron chi connectivity index (χ1n) is 3.20. The van der Waals surface area contributed by atoms with Crippen molar-refractivity contribution in [3.05, 3.63) is 18.2 Å². The molecule has 0 N–H and O–H groups in total. The van der Waals surface area contributed by atoms with Crippen molar-refractivity contribution in [1.82, 2.24) is 9.55 Å². The molecule has 1 rings (SSSR count). The Kier molecular flexibility index (Phi) is 2.39. The zero-order chi connectivity index (χ0) is 8.10. The third-order valence-corrected chi connectivity index (χ3v) is 1.26. The highest BCUT2D eigenvalue weighted by atomic mass is 16.1. The van der Waals surface area contributed by atoms with Crippen LogP contribution in [0.15, 0.2) is 12.5 Å². The quantitative estimate of drug-likeness (QED) is 0.591. The maximum absolute atomic E-state index is 10.2. The molecule has 0 saturated heterocycles. The molecular weight excluding hydrogens is 142 g/mol. The standard InChI is InChI=1S/C7H7N3O/c8-2-1-3-10-4-7(5-11)9-6-10/h4-6H,1,3H2. The molecule has 1 heterocycles. The molecule has 0 aliphatic heterocycles. The molecule has 56 valence electrons. The summed E-state index contributed by atoms with van der Waals surface area (Å²) in [5.41, 5.74) is 0.405. The van der Waals surface area contributed by atoms with Gasteiger partial charge in [-0.25, -0.2) is 4.98 Å².